The van der Waals surface area contributed by atoms with Gasteiger partial charge in [-0.15, -0.1) is 0 Å². The first-order chi connectivity index (χ1) is 12.2. The number of ether oxygens (including phenoxy) is 1. The summed E-state index contributed by atoms with van der Waals surface area (Å²) in [5, 5.41) is 20.1. The van der Waals surface area contributed by atoms with Crippen LogP contribution in [-0.2, 0) is 16.0 Å². The maximum absolute atomic E-state index is 13.0. The number of esters is 1. The van der Waals surface area contributed by atoms with E-state index in [4.69, 9.17) is 4.74 Å². The third-order valence-electron chi connectivity index (χ3n) is 5.09. The van der Waals surface area contributed by atoms with Crippen LogP contribution in [0.3, 0.4) is 0 Å². The number of hydrogen-bond donors (Lipinski definition) is 2. The molecule has 26 heavy (non-hydrogen) atoms. The Kier molecular flexibility index (Phi) is 4.48. The molecule has 1 fully saturated rings. The van der Waals surface area contributed by atoms with Crippen LogP contribution in [0, 0.1) is 5.92 Å². The molecule has 2 N–H and O–H groups in total. The molecule has 0 amide bonds. The topological polar surface area (TPSA) is 96.7 Å². The molecule has 1 aromatic rings. The lowest BCUT2D eigenvalue weighted by Gasteiger charge is -2.27. The molecular formula is C20H23NO5. The van der Waals surface area contributed by atoms with Gasteiger partial charge in [0.1, 0.15) is 11.3 Å². The molecule has 0 radical (unpaired) electrons. The molecule has 6 heteroatoms. The lowest BCUT2D eigenvalue weighted by molar-refractivity contribution is -0.141. The Morgan fingerprint density at radius 3 is 2.65 bits per heavy atom. The van der Waals surface area contributed by atoms with Gasteiger partial charge in [-0.3, -0.25) is 9.78 Å². The van der Waals surface area contributed by atoms with Crippen LogP contribution in [0.15, 0.2) is 29.2 Å². The average molecular weight is 357 g/mol. The predicted molar refractivity (Wildman–Crippen MR) is 95.5 cm³/mol. The van der Waals surface area contributed by atoms with E-state index < -0.39 is 17.7 Å². The van der Waals surface area contributed by atoms with E-state index >= 15 is 0 Å². The highest BCUT2D eigenvalue weighted by atomic mass is 16.6. The molecule has 0 bridgehead atoms. The number of aliphatic hydroxyl groups excluding tert-OH is 2. The van der Waals surface area contributed by atoms with E-state index in [0.29, 0.717) is 35.2 Å². The van der Waals surface area contributed by atoms with Crippen molar-refractivity contribution >= 4 is 17.8 Å². The first-order valence-corrected chi connectivity index (χ1v) is 8.79. The zero-order chi connectivity index (χ0) is 19.2. The van der Waals surface area contributed by atoms with Crippen molar-refractivity contribution in [1.29, 1.82) is 0 Å². The summed E-state index contributed by atoms with van der Waals surface area (Å²) >= 11 is 0. The van der Waals surface area contributed by atoms with Crippen LogP contribution in [0.5, 0.6) is 0 Å². The van der Waals surface area contributed by atoms with Crippen molar-refractivity contribution in [2.75, 3.05) is 0 Å². The normalized spacial score (nSPS) is 25.8. The summed E-state index contributed by atoms with van der Waals surface area (Å²) in [4.78, 5) is 29.7. The number of carbonyl (C=O) groups is 2. The lowest BCUT2D eigenvalue weighted by atomic mass is 9.78. The van der Waals surface area contributed by atoms with Crippen molar-refractivity contribution in [3.8, 4) is 0 Å². The number of rotatable bonds is 4. The molecule has 6 nitrogen and oxygen atoms in total. The van der Waals surface area contributed by atoms with E-state index in [1.165, 1.54) is 6.20 Å². The highest BCUT2D eigenvalue weighted by molar-refractivity contribution is 6.17. The number of fused-ring (bicyclic) bond motifs is 2. The molecule has 1 saturated heterocycles. The molecule has 2 aliphatic rings. The van der Waals surface area contributed by atoms with E-state index in [2.05, 4.69) is 4.98 Å². The number of allylic oxidation sites excluding steroid dienone is 1. The molecule has 138 valence electrons. The molecule has 1 aliphatic carbocycles. The lowest BCUT2D eigenvalue weighted by Crippen LogP contribution is -2.39. The van der Waals surface area contributed by atoms with Gasteiger partial charge in [-0.25, -0.2) is 4.79 Å². The minimum absolute atomic E-state index is 0.0537. The Morgan fingerprint density at radius 1 is 1.35 bits per heavy atom. The maximum atomic E-state index is 13.0. The molecule has 3 unspecified atom stereocenters. The summed E-state index contributed by atoms with van der Waals surface area (Å²) in [6.07, 6.45) is 3.62. The number of carbonyl (C=O) groups excluding carboxylic acids is 2. The Hall–Kier alpha value is -2.47. The summed E-state index contributed by atoms with van der Waals surface area (Å²) in [6.45, 7) is 6.93. The maximum Gasteiger partial charge on any atom is 0.343 e. The second-order valence-corrected chi connectivity index (χ2v) is 7.20. The van der Waals surface area contributed by atoms with Crippen molar-refractivity contribution < 1.29 is 24.5 Å². The standard InChI is InChI=1S/C20H23NO5/c1-5-10(2)17(23)16-15-8-12-7-13(6-11(3)22)21-9-14(12)18(24)20(15,4)26-19(16)25/h7-11,22-23H,5-6H2,1-4H3. The van der Waals surface area contributed by atoms with E-state index in [0.717, 1.165) is 0 Å². The SMILES string of the molecule is CCC(C)C(O)=C1C(=O)OC2(C)C(=O)c3cnc(CC(C)O)cc3C=C12. The zero-order valence-corrected chi connectivity index (χ0v) is 15.4. The molecule has 1 aromatic heterocycles. The van der Waals surface area contributed by atoms with E-state index in [-0.39, 0.29) is 23.0 Å². The van der Waals surface area contributed by atoms with Crippen LogP contribution in [0.2, 0.25) is 0 Å². The van der Waals surface area contributed by atoms with Gasteiger partial charge in [0.05, 0.1) is 6.10 Å². The van der Waals surface area contributed by atoms with Crippen LogP contribution in [-0.4, -0.2) is 38.7 Å². The highest BCUT2D eigenvalue weighted by Crippen LogP contribution is 2.45. The Labute approximate surface area is 152 Å². The number of pyridine rings is 1. The Morgan fingerprint density at radius 2 is 2.04 bits per heavy atom. The molecule has 0 saturated carbocycles. The second-order valence-electron chi connectivity index (χ2n) is 7.20. The smallest absolute Gasteiger partial charge is 0.343 e. The van der Waals surface area contributed by atoms with Gasteiger partial charge < -0.3 is 14.9 Å². The largest absolute Gasteiger partial charge is 0.511 e. The first-order valence-electron chi connectivity index (χ1n) is 8.79. The number of nitrogens with zero attached hydrogens (tertiary/aromatic N) is 1. The van der Waals surface area contributed by atoms with Crippen molar-refractivity contribution in [3.63, 3.8) is 0 Å². The fourth-order valence-corrected chi connectivity index (χ4v) is 3.35. The first kappa shape index (κ1) is 18.3. The van der Waals surface area contributed by atoms with Crippen LogP contribution in [0.4, 0.5) is 0 Å². The summed E-state index contributed by atoms with van der Waals surface area (Å²) in [6, 6.07) is 1.73. The fourth-order valence-electron chi connectivity index (χ4n) is 3.35. The summed E-state index contributed by atoms with van der Waals surface area (Å²) in [5.74, 6) is -1.32. The van der Waals surface area contributed by atoms with Gasteiger partial charge in [0.25, 0.3) is 0 Å². The van der Waals surface area contributed by atoms with Gasteiger partial charge >= 0.3 is 5.97 Å². The molecule has 1 aliphatic heterocycles. The van der Waals surface area contributed by atoms with Gasteiger partial charge in [-0.1, -0.05) is 13.8 Å². The molecule has 0 spiro atoms. The highest BCUT2D eigenvalue weighted by Gasteiger charge is 2.54. The third kappa shape index (κ3) is 2.74. The quantitative estimate of drug-likeness (QED) is 0.489. The second kappa shape index (κ2) is 6.36. The molecule has 3 atom stereocenters. The number of aromatic nitrogens is 1. The minimum Gasteiger partial charge on any atom is -0.511 e. The van der Waals surface area contributed by atoms with E-state index in [1.54, 1.807) is 26.0 Å². The van der Waals surface area contributed by atoms with Gasteiger partial charge in [0, 0.05) is 35.4 Å². The van der Waals surface area contributed by atoms with Crippen LogP contribution in [0.25, 0.3) is 6.08 Å². The fraction of sp³-hybridized carbons (Fsp3) is 0.450. The molecular weight excluding hydrogens is 334 g/mol. The molecule has 2 heterocycles. The number of Topliss-reactive ketones (excluding diaryl/α,β-unsaturated/α-hetero) is 1. The van der Waals surface area contributed by atoms with Crippen LogP contribution >= 0.6 is 0 Å². The monoisotopic (exact) mass is 357 g/mol. The summed E-state index contributed by atoms with van der Waals surface area (Å²) < 4.78 is 5.40. The number of hydrogen-bond acceptors (Lipinski definition) is 6. The average Bonchev–Trinajstić information content (AvgIpc) is 2.84. The summed E-state index contributed by atoms with van der Waals surface area (Å²) in [5.41, 5.74) is 0.633. The van der Waals surface area contributed by atoms with Crippen molar-refractivity contribution in [2.24, 2.45) is 5.92 Å². The third-order valence-corrected chi connectivity index (χ3v) is 5.09. The summed E-state index contributed by atoms with van der Waals surface area (Å²) in [7, 11) is 0. The molecule has 0 aromatic carbocycles. The number of ketones is 1. The van der Waals surface area contributed by atoms with Crippen LogP contribution in [0.1, 0.15) is 55.7 Å². The van der Waals surface area contributed by atoms with Gasteiger partial charge in [-0.05, 0) is 38.0 Å². The number of aliphatic hydroxyl groups is 2. The van der Waals surface area contributed by atoms with Gasteiger partial charge in [-0.2, -0.15) is 0 Å². The van der Waals surface area contributed by atoms with Crippen molar-refractivity contribution in [2.45, 2.75) is 52.2 Å². The minimum atomic E-state index is -1.45. The van der Waals surface area contributed by atoms with Crippen molar-refractivity contribution in [3.05, 3.63) is 46.0 Å². The van der Waals surface area contributed by atoms with Gasteiger partial charge in [0.2, 0.25) is 5.78 Å². The Bertz CT molecular complexity index is 852. The van der Waals surface area contributed by atoms with E-state index in [1.807, 2.05) is 13.8 Å². The molecule has 3 rings (SSSR count). The predicted octanol–water partition coefficient (Wildman–Crippen LogP) is 2.76. The zero-order valence-electron chi connectivity index (χ0n) is 15.4. The van der Waals surface area contributed by atoms with Gasteiger partial charge in [0.15, 0.2) is 5.60 Å². The van der Waals surface area contributed by atoms with Crippen LogP contribution < -0.4 is 0 Å². The Balaban J connectivity index is 2.18. The van der Waals surface area contributed by atoms with E-state index in [9.17, 15) is 19.8 Å². The van der Waals surface area contributed by atoms with Crippen molar-refractivity contribution in [1.82, 2.24) is 4.98 Å².